The number of aryl methyl sites for hydroxylation is 1. The zero-order chi connectivity index (χ0) is 15.5. The number of thiophene rings is 1. The van der Waals surface area contributed by atoms with Gasteiger partial charge in [-0.25, -0.2) is 4.79 Å². The van der Waals surface area contributed by atoms with Gasteiger partial charge in [0.05, 0.1) is 12.2 Å². The molecule has 1 N–H and O–H groups in total. The van der Waals surface area contributed by atoms with Gasteiger partial charge in [-0.05, 0) is 32.8 Å². The summed E-state index contributed by atoms with van der Waals surface area (Å²) in [7, 11) is -3.61. The van der Waals surface area contributed by atoms with Crippen molar-refractivity contribution in [2.24, 2.45) is 0 Å². The number of carbonyl (C=O) groups is 1. The first kappa shape index (κ1) is 16.3. The average Bonchev–Trinajstić information content (AvgIpc) is 2.80. The number of hydrogen-bond acceptors (Lipinski definition) is 5. The van der Waals surface area contributed by atoms with Gasteiger partial charge in [-0.1, -0.05) is 6.42 Å². The SMILES string of the molecule is CCOC(=O)c1cc(C)sc1NS(=O)(=O)N1CCCCC1. The Kier molecular flexibility index (Phi) is 5.23. The lowest BCUT2D eigenvalue weighted by Gasteiger charge is -2.26. The van der Waals surface area contributed by atoms with Crippen LogP contribution in [0.25, 0.3) is 0 Å². The lowest BCUT2D eigenvalue weighted by molar-refractivity contribution is 0.0528. The molecule has 0 aromatic carbocycles. The Morgan fingerprint density at radius 1 is 1.38 bits per heavy atom. The Hall–Kier alpha value is -1.12. The van der Waals surface area contributed by atoms with E-state index in [2.05, 4.69) is 4.72 Å². The summed E-state index contributed by atoms with van der Waals surface area (Å²) in [6.07, 6.45) is 2.79. The van der Waals surface area contributed by atoms with E-state index in [1.165, 1.54) is 15.6 Å². The zero-order valence-electron chi connectivity index (χ0n) is 12.2. The molecule has 0 unspecified atom stereocenters. The quantitative estimate of drug-likeness (QED) is 0.840. The molecule has 0 amide bonds. The van der Waals surface area contributed by atoms with Gasteiger partial charge in [-0.15, -0.1) is 11.3 Å². The van der Waals surface area contributed by atoms with Crippen molar-refractivity contribution in [3.63, 3.8) is 0 Å². The second-order valence-electron chi connectivity index (χ2n) is 4.89. The normalized spacial score (nSPS) is 16.7. The first-order chi connectivity index (χ1) is 9.94. The smallest absolute Gasteiger partial charge is 0.341 e. The van der Waals surface area contributed by atoms with Gasteiger partial charge in [0.2, 0.25) is 0 Å². The molecule has 1 fully saturated rings. The average molecular weight is 332 g/mol. The van der Waals surface area contributed by atoms with Gasteiger partial charge >= 0.3 is 16.2 Å². The molecule has 6 nitrogen and oxygen atoms in total. The van der Waals surface area contributed by atoms with Crippen molar-refractivity contribution < 1.29 is 17.9 Å². The molecule has 0 aliphatic carbocycles. The van der Waals surface area contributed by atoms with E-state index in [1.807, 2.05) is 6.92 Å². The number of nitrogens with zero attached hydrogens (tertiary/aromatic N) is 1. The van der Waals surface area contributed by atoms with Gasteiger partial charge < -0.3 is 4.74 Å². The van der Waals surface area contributed by atoms with Gasteiger partial charge in [-0.3, -0.25) is 4.72 Å². The third-order valence-electron chi connectivity index (χ3n) is 3.23. The number of nitrogens with one attached hydrogen (secondary N) is 1. The van der Waals surface area contributed by atoms with Crippen LogP contribution in [0.4, 0.5) is 5.00 Å². The van der Waals surface area contributed by atoms with Crippen LogP contribution >= 0.6 is 11.3 Å². The third-order valence-corrected chi connectivity index (χ3v) is 5.83. The maximum absolute atomic E-state index is 12.4. The lowest BCUT2D eigenvalue weighted by atomic mass is 10.2. The van der Waals surface area contributed by atoms with E-state index in [9.17, 15) is 13.2 Å². The van der Waals surface area contributed by atoms with Gasteiger partial charge in [0.15, 0.2) is 0 Å². The molecule has 2 rings (SSSR count). The minimum atomic E-state index is -3.61. The maximum Gasteiger partial charge on any atom is 0.341 e. The lowest BCUT2D eigenvalue weighted by Crippen LogP contribution is -2.39. The van der Waals surface area contributed by atoms with E-state index >= 15 is 0 Å². The van der Waals surface area contributed by atoms with Crippen LogP contribution in [0.5, 0.6) is 0 Å². The molecule has 2 heterocycles. The standard InChI is InChI=1S/C13H20N2O4S2/c1-3-19-13(16)11-9-10(2)20-12(11)14-21(17,18)15-7-5-4-6-8-15/h9,14H,3-8H2,1-2H3. The summed E-state index contributed by atoms with van der Waals surface area (Å²) in [4.78, 5) is 12.7. The van der Waals surface area contributed by atoms with Gasteiger partial charge in [-0.2, -0.15) is 12.7 Å². The van der Waals surface area contributed by atoms with Crippen molar-refractivity contribution in [2.45, 2.75) is 33.1 Å². The molecular formula is C13H20N2O4S2. The number of esters is 1. The number of carbonyl (C=O) groups excluding carboxylic acids is 1. The number of ether oxygens (including phenoxy) is 1. The maximum atomic E-state index is 12.4. The summed E-state index contributed by atoms with van der Waals surface area (Å²) in [5.74, 6) is -0.502. The summed E-state index contributed by atoms with van der Waals surface area (Å²) in [6, 6.07) is 1.65. The monoisotopic (exact) mass is 332 g/mol. The number of hydrogen-bond donors (Lipinski definition) is 1. The van der Waals surface area contributed by atoms with Crippen LogP contribution in [-0.4, -0.2) is 38.4 Å². The van der Waals surface area contributed by atoms with E-state index in [0.717, 1.165) is 24.1 Å². The van der Waals surface area contributed by atoms with Crippen molar-refractivity contribution in [1.29, 1.82) is 0 Å². The highest BCUT2D eigenvalue weighted by Gasteiger charge is 2.26. The molecule has 0 spiro atoms. The topological polar surface area (TPSA) is 75.7 Å². The van der Waals surface area contributed by atoms with Gasteiger partial charge in [0.25, 0.3) is 0 Å². The molecule has 1 aliphatic rings. The van der Waals surface area contributed by atoms with E-state index in [4.69, 9.17) is 4.74 Å². The Labute approximate surface area is 129 Å². The predicted octanol–water partition coefficient (Wildman–Crippen LogP) is 2.38. The Balaban J connectivity index is 2.20. The van der Waals surface area contributed by atoms with Crippen LogP contribution in [0.3, 0.4) is 0 Å². The highest BCUT2D eigenvalue weighted by atomic mass is 32.2. The molecule has 1 aliphatic heterocycles. The highest BCUT2D eigenvalue weighted by Crippen LogP contribution is 2.30. The minimum absolute atomic E-state index is 0.256. The fraction of sp³-hybridized carbons (Fsp3) is 0.615. The fourth-order valence-corrected chi connectivity index (χ4v) is 4.68. The highest BCUT2D eigenvalue weighted by molar-refractivity contribution is 7.90. The van der Waals surface area contributed by atoms with Crippen LogP contribution in [0.1, 0.15) is 41.4 Å². The first-order valence-electron chi connectivity index (χ1n) is 6.99. The van der Waals surface area contributed by atoms with Crippen molar-refractivity contribution >= 4 is 32.5 Å². The Morgan fingerprint density at radius 3 is 2.67 bits per heavy atom. The van der Waals surface area contributed by atoms with Crippen molar-refractivity contribution in [1.82, 2.24) is 4.31 Å². The van der Waals surface area contributed by atoms with E-state index in [-0.39, 0.29) is 12.2 Å². The van der Waals surface area contributed by atoms with Crippen LogP contribution in [0.15, 0.2) is 6.07 Å². The van der Waals surface area contributed by atoms with E-state index in [0.29, 0.717) is 18.1 Å². The molecule has 0 saturated carbocycles. The van der Waals surface area contributed by atoms with Crippen LogP contribution in [0.2, 0.25) is 0 Å². The summed E-state index contributed by atoms with van der Waals surface area (Å²) < 4.78 is 33.7. The van der Waals surface area contributed by atoms with Gasteiger partial charge in [0.1, 0.15) is 5.00 Å². The summed E-state index contributed by atoms with van der Waals surface area (Å²) in [5.41, 5.74) is 0.278. The molecule has 1 saturated heterocycles. The van der Waals surface area contributed by atoms with Crippen molar-refractivity contribution in [2.75, 3.05) is 24.4 Å². The van der Waals surface area contributed by atoms with Crippen LogP contribution in [-0.2, 0) is 14.9 Å². The van der Waals surface area contributed by atoms with Crippen molar-refractivity contribution in [3.05, 3.63) is 16.5 Å². The zero-order valence-corrected chi connectivity index (χ0v) is 13.8. The minimum Gasteiger partial charge on any atom is -0.462 e. The molecule has 0 bridgehead atoms. The summed E-state index contributed by atoms with van der Waals surface area (Å²) >= 11 is 1.24. The van der Waals surface area contributed by atoms with Crippen molar-refractivity contribution in [3.8, 4) is 0 Å². The van der Waals surface area contributed by atoms with E-state index in [1.54, 1.807) is 13.0 Å². The fourth-order valence-electron chi connectivity index (χ4n) is 2.24. The second kappa shape index (κ2) is 6.76. The Morgan fingerprint density at radius 2 is 2.05 bits per heavy atom. The van der Waals surface area contributed by atoms with Crippen LogP contribution in [0, 0.1) is 6.92 Å². The predicted molar refractivity (Wildman–Crippen MR) is 83.0 cm³/mol. The molecule has 8 heteroatoms. The molecule has 118 valence electrons. The molecule has 21 heavy (non-hydrogen) atoms. The largest absolute Gasteiger partial charge is 0.462 e. The third kappa shape index (κ3) is 3.96. The van der Waals surface area contributed by atoms with Crippen LogP contribution < -0.4 is 4.72 Å². The van der Waals surface area contributed by atoms with E-state index < -0.39 is 16.2 Å². The molecule has 1 aromatic heterocycles. The number of rotatable bonds is 5. The second-order valence-corrected chi connectivity index (χ2v) is 7.81. The first-order valence-corrected chi connectivity index (χ1v) is 9.25. The molecule has 0 radical (unpaired) electrons. The number of anilines is 1. The Bertz CT molecular complexity index is 604. The van der Waals surface area contributed by atoms with Gasteiger partial charge in [0, 0.05) is 18.0 Å². The summed E-state index contributed by atoms with van der Waals surface area (Å²) in [5, 5.41) is 0.330. The number of piperidine rings is 1. The summed E-state index contributed by atoms with van der Waals surface area (Å²) in [6.45, 7) is 4.84. The molecule has 0 atom stereocenters. The molecular weight excluding hydrogens is 312 g/mol. The molecule has 1 aromatic rings.